The second-order valence-electron chi connectivity index (χ2n) is 5.91. The Morgan fingerprint density at radius 1 is 1.35 bits per heavy atom. The maximum Gasteiger partial charge on any atom is 0.125 e. The van der Waals surface area contributed by atoms with Gasteiger partial charge in [-0.05, 0) is 42.9 Å². The van der Waals surface area contributed by atoms with Gasteiger partial charge in [0, 0.05) is 5.69 Å². The third-order valence-corrected chi connectivity index (χ3v) is 3.63. The number of rotatable bonds is 3. The van der Waals surface area contributed by atoms with Crippen LogP contribution in [0.3, 0.4) is 0 Å². The molecule has 1 unspecified atom stereocenters. The second kappa shape index (κ2) is 4.30. The summed E-state index contributed by atoms with van der Waals surface area (Å²) in [5.74, 6) is -0.250. The molecule has 0 radical (unpaired) electrons. The summed E-state index contributed by atoms with van der Waals surface area (Å²) in [6, 6.07) is 6.42. The Labute approximate surface area is 102 Å². The molecule has 2 nitrogen and oxygen atoms in total. The molecule has 0 amide bonds. The monoisotopic (exact) mass is 237 g/mol. The second-order valence-corrected chi connectivity index (χ2v) is 5.91. The summed E-state index contributed by atoms with van der Waals surface area (Å²) in [5.41, 5.74) is 0.692. The molecule has 3 heteroatoms. The van der Waals surface area contributed by atoms with Crippen LogP contribution in [0.15, 0.2) is 24.3 Å². The van der Waals surface area contributed by atoms with Gasteiger partial charge < -0.3 is 10.4 Å². The molecule has 0 bridgehead atoms. The van der Waals surface area contributed by atoms with E-state index in [1.807, 2.05) is 6.07 Å². The van der Waals surface area contributed by atoms with Gasteiger partial charge in [-0.25, -0.2) is 4.39 Å². The summed E-state index contributed by atoms with van der Waals surface area (Å²) in [5, 5.41) is 12.9. The molecule has 0 saturated heterocycles. The SMILES string of the molecule is CC1(C)CCC(CO)(Nc2cccc(F)c2)C1. The fraction of sp³-hybridized carbons (Fsp3) is 0.571. The maximum absolute atomic E-state index is 13.1. The molecule has 0 aromatic heterocycles. The summed E-state index contributed by atoms with van der Waals surface area (Å²) in [6.45, 7) is 4.50. The lowest BCUT2D eigenvalue weighted by Crippen LogP contribution is -2.40. The molecule has 2 rings (SSSR count). The van der Waals surface area contributed by atoms with Gasteiger partial charge in [0.1, 0.15) is 5.82 Å². The predicted molar refractivity (Wildman–Crippen MR) is 67.5 cm³/mol. The fourth-order valence-electron chi connectivity index (χ4n) is 2.82. The number of halogens is 1. The summed E-state index contributed by atoms with van der Waals surface area (Å²) in [4.78, 5) is 0. The van der Waals surface area contributed by atoms with Crippen LogP contribution in [-0.4, -0.2) is 17.3 Å². The fourth-order valence-corrected chi connectivity index (χ4v) is 2.82. The van der Waals surface area contributed by atoms with Gasteiger partial charge in [-0.3, -0.25) is 0 Å². The van der Waals surface area contributed by atoms with Crippen LogP contribution in [0.5, 0.6) is 0 Å². The number of aliphatic hydroxyl groups excluding tert-OH is 1. The van der Waals surface area contributed by atoms with E-state index in [0.29, 0.717) is 0 Å². The largest absolute Gasteiger partial charge is 0.394 e. The van der Waals surface area contributed by atoms with Crippen molar-refractivity contribution in [2.45, 2.75) is 38.6 Å². The summed E-state index contributed by atoms with van der Waals surface area (Å²) < 4.78 is 13.1. The minimum Gasteiger partial charge on any atom is -0.394 e. The van der Waals surface area contributed by atoms with Crippen LogP contribution in [0.2, 0.25) is 0 Å². The van der Waals surface area contributed by atoms with E-state index in [9.17, 15) is 9.50 Å². The zero-order chi connectivity index (χ0) is 12.5. The minimum atomic E-state index is -0.294. The maximum atomic E-state index is 13.1. The molecule has 1 aliphatic carbocycles. The van der Waals surface area contributed by atoms with E-state index < -0.39 is 0 Å². The first-order valence-corrected chi connectivity index (χ1v) is 6.09. The molecule has 1 aliphatic rings. The van der Waals surface area contributed by atoms with Gasteiger partial charge in [-0.1, -0.05) is 19.9 Å². The molecule has 1 atom stereocenters. The molecule has 1 aromatic rings. The first-order chi connectivity index (χ1) is 7.95. The van der Waals surface area contributed by atoms with Crippen LogP contribution in [0.4, 0.5) is 10.1 Å². The molecular weight excluding hydrogens is 217 g/mol. The van der Waals surface area contributed by atoms with E-state index >= 15 is 0 Å². The molecule has 17 heavy (non-hydrogen) atoms. The van der Waals surface area contributed by atoms with Crippen LogP contribution >= 0.6 is 0 Å². The average Bonchev–Trinajstić information content (AvgIpc) is 2.55. The van der Waals surface area contributed by atoms with Gasteiger partial charge in [-0.2, -0.15) is 0 Å². The van der Waals surface area contributed by atoms with Crippen molar-refractivity contribution in [3.8, 4) is 0 Å². The predicted octanol–water partition coefficient (Wildman–Crippen LogP) is 3.18. The van der Waals surface area contributed by atoms with Gasteiger partial charge in [0.25, 0.3) is 0 Å². The van der Waals surface area contributed by atoms with Crippen LogP contribution in [0, 0.1) is 11.2 Å². The molecule has 2 N–H and O–H groups in total. The molecule has 0 aliphatic heterocycles. The van der Waals surface area contributed by atoms with Crippen LogP contribution in [0.1, 0.15) is 33.1 Å². The van der Waals surface area contributed by atoms with E-state index in [0.717, 1.165) is 24.9 Å². The van der Waals surface area contributed by atoms with Gasteiger partial charge in [-0.15, -0.1) is 0 Å². The van der Waals surface area contributed by atoms with Gasteiger partial charge >= 0.3 is 0 Å². The molecule has 94 valence electrons. The number of hydrogen-bond donors (Lipinski definition) is 2. The Hall–Kier alpha value is -1.09. The first kappa shape index (κ1) is 12.4. The summed E-state index contributed by atoms with van der Waals surface area (Å²) >= 11 is 0. The lowest BCUT2D eigenvalue weighted by molar-refractivity contribution is 0.202. The number of anilines is 1. The normalized spacial score (nSPS) is 27.1. The van der Waals surface area contributed by atoms with Crippen molar-refractivity contribution >= 4 is 5.69 Å². The van der Waals surface area contributed by atoms with E-state index in [4.69, 9.17) is 0 Å². The number of hydrogen-bond acceptors (Lipinski definition) is 2. The quantitative estimate of drug-likeness (QED) is 0.846. The van der Waals surface area contributed by atoms with E-state index in [-0.39, 0.29) is 23.4 Å². The van der Waals surface area contributed by atoms with Crippen molar-refractivity contribution in [2.75, 3.05) is 11.9 Å². The third kappa shape index (κ3) is 2.78. The lowest BCUT2D eigenvalue weighted by Gasteiger charge is -2.31. The Morgan fingerprint density at radius 3 is 2.65 bits per heavy atom. The summed E-state index contributed by atoms with van der Waals surface area (Å²) in [6.07, 6.45) is 2.91. The smallest absolute Gasteiger partial charge is 0.125 e. The van der Waals surface area contributed by atoms with Gasteiger partial charge in [0.2, 0.25) is 0 Å². The molecule has 0 spiro atoms. The van der Waals surface area contributed by atoms with Gasteiger partial charge in [0.05, 0.1) is 12.1 Å². The van der Waals surface area contributed by atoms with E-state index in [1.54, 1.807) is 6.07 Å². The van der Waals surface area contributed by atoms with Crippen molar-refractivity contribution in [1.29, 1.82) is 0 Å². The third-order valence-electron chi connectivity index (χ3n) is 3.63. The molecule has 1 saturated carbocycles. The highest BCUT2D eigenvalue weighted by Crippen LogP contribution is 2.44. The van der Waals surface area contributed by atoms with Crippen LogP contribution < -0.4 is 5.32 Å². The van der Waals surface area contributed by atoms with Gasteiger partial charge in [0.15, 0.2) is 0 Å². The van der Waals surface area contributed by atoms with Crippen molar-refractivity contribution in [1.82, 2.24) is 0 Å². The molecule has 1 fully saturated rings. The van der Waals surface area contributed by atoms with Crippen LogP contribution in [-0.2, 0) is 0 Å². The zero-order valence-corrected chi connectivity index (χ0v) is 10.5. The Balaban J connectivity index is 2.16. The van der Waals surface area contributed by atoms with E-state index in [1.165, 1.54) is 12.1 Å². The lowest BCUT2D eigenvalue weighted by atomic mass is 9.88. The van der Waals surface area contributed by atoms with Crippen molar-refractivity contribution in [3.63, 3.8) is 0 Å². The van der Waals surface area contributed by atoms with Crippen molar-refractivity contribution in [2.24, 2.45) is 5.41 Å². The zero-order valence-electron chi connectivity index (χ0n) is 10.5. The summed E-state index contributed by atoms with van der Waals surface area (Å²) in [7, 11) is 0. The Bertz CT molecular complexity index is 405. The van der Waals surface area contributed by atoms with Crippen molar-refractivity contribution < 1.29 is 9.50 Å². The first-order valence-electron chi connectivity index (χ1n) is 6.09. The number of nitrogens with one attached hydrogen (secondary N) is 1. The Morgan fingerprint density at radius 2 is 2.12 bits per heavy atom. The molecule has 1 aromatic carbocycles. The Kier molecular flexibility index (Phi) is 3.13. The topological polar surface area (TPSA) is 32.3 Å². The highest BCUT2D eigenvalue weighted by atomic mass is 19.1. The number of aliphatic hydroxyl groups is 1. The standard InChI is InChI=1S/C14H20FNO/c1-13(2)6-7-14(9-13,10-17)16-12-5-3-4-11(15)8-12/h3-5,8,16-17H,6-7,9-10H2,1-2H3. The molecule has 0 heterocycles. The van der Waals surface area contributed by atoms with Crippen LogP contribution in [0.25, 0.3) is 0 Å². The number of benzene rings is 1. The van der Waals surface area contributed by atoms with Crippen molar-refractivity contribution in [3.05, 3.63) is 30.1 Å². The highest BCUT2D eigenvalue weighted by Gasteiger charge is 2.42. The van der Waals surface area contributed by atoms with E-state index in [2.05, 4.69) is 19.2 Å². The average molecular weight is 237 g/mol. The minimum absolute atomic E-state index is 0.0902. The highest BCUT2D eigenvalue weighted by molar-refractivity contribution is 5.46. The molecular formula is C14H20FNO.